The van der Waals surface area contributed by atoms with E-state index in [1.54, 1.807) is 24.1 Å². The van der Waals surface area contributed by atoms with Gasteiger partial charge in [-0.15, -0.1) is 0 Å². The molecule has 7 nitrogen and oxygen atoms in total. The van der Waals surface area contributed by atoms with Gasteiger partial charge in [0.1, 0.15) is 5.82 Å². The molecular formula is C18H21F2N5O2. The molecule has 0 atom stereocenters. The first-order chi connectivity index (χ1) is 13.0. The zero-order valence-electron chi connectivity index (χ0n) is 14.9. The zero-order chi connectivity index (χ0) is 19.2. The summed E-state index contributed by atoms with van der Waals surface area (Å²) in [6.07, 6.45) is 2.79. The first-order valence-electron chi connectivity index (χ1n) is 8.78. The first kappa shape index (κ1) is 18.8. The van der Waals surface area contributed by atoms with Crippen LogP contribution in [-0.2, 0) is 4.74 Å². The van der Waals surface area contributed by atoms with E-state index >= 15 is 0 Å². The molecule has 3 rings (SSSR count). The molecule has 1 fully saturated rings. The Morgan fingerprint density at radius 1 is 1.26 bits per heavy atom. The number of carbonyl (C=O) groups excluding carboxylic acids is 1. The van der Waals surface area contributed by atoms with Crippen molar-refractivity contribution in [3.63, 3.8) is 0 Å². The number of ether oxygens (including phenoxy) is 1. The second-order valence-electron chi connectivity index (χ2n) is 6.12. The van der Waals surface area contributed by atoms with E-state index in [-0.39, 0.29) is 12.1 Å². The summed E-state index contributed by atoms with van der Waals surface area (Å²) in [5, 5.41) is 6.16. The largest absolute Gasteiger partial charge is 0.450 e. The Bertz CT molecular complexity index is 797. The van der Waals surface area contributed by atoms with Gasteiger partial charge in [-0.25, -0.2) is 18.6 Å². The van der Waals surface area contributed by atoms with Crippen LogP contribution in [0, 0.1) is 11.6 Å². The number of halogens is 2. The Hall–Kier alpha value is -2.97. The maximum atomic E-state index is 13.3. The Labute approximate surface area is 155 Å². The summed E-state index contributed by atoms with van der Waals surface area (Å²) in [7, 11) is 0. The molecule has 2 heterocycles. The summed E-state index contributed by atoms with van der Waals surface area (Å²) in [6, 6.07) is 5.31. The number of likely N-dealkylation sites (tertiary alicyclic amines) is 1. The van der Waals surface area contributed by atoms with Crippen molar-refractivity contribution in [2.75, 3.05) is 30.3 Å². The van der Waals surface area contributed by atoms with Crippen LogP contribution in [0.3, 0.4) is 0 Å². The van der Waals surface area contributed by atoms with E-state index in [9.17, 15) is 13.6 Å². The van der Waals surface area contributed by atoms with Crippen molar-refractivity contribution >= 4 is 23.5 Å². The molecule has 1 aliphatic rings. The molecule has 1 aliphatic heterocycles. The number of piperidine rings is 1. The minimum absolute atomic E-state index is 0.134. The topological polar surface area (TPSA) is 79.4 Å². The molecule has 9 heteroatoms. The monoisotopic (exact) mass is 377 g/mol. The van der Waals surface area contributed by atoms with Crippen LogP contribution in [0.25, 0.3) is 0 Å². The summed E-state index contributed by atoms with van der Waals surface area (Å²) >= 11 is 0. The molecule has 1 amide bonds. The van der Waals surface area contributed by atoms with Crippen molar-refractivity contribution in [2.24, 2.45) is 0 Å². The molecule has 1 aromatic carbocycles. The average molecular weight is 377 g/mol. The fourth-order valence-electron chi connectivity index (χ4n) is 2.82. The Morgan fingerprint density at radius 2 is 2.04 bits per heavy atom. The van der Waals surface area contributed by atoms with Crippen LogP contribution in [-0.4, -0.2) is 46.7 Å². The van der Waals surface area contributed by atoms with Gasteiger partial charge >= 0.3 is 6.09 Å². The van der Waals surface area contributed by atoms with E-state index in [0.717, 1.165) is 25.0 Å². The lowest BCUT2D eigenvalue weighted by molar-refractivity contribution is 0.0983. The van der Waals surface area contributed by atoms with Crippen molar-refractivity contribution in [1.29, 1.82) is 0 Å². The fraction of sp³-hybridized carbons (Fsp3) is 0.389. The van der Waals surface area contributed by atoms with Gasteiger partial charge in [0.25, 0.3) is 0 Å². The molecule has 1 aromatic heterocycles. The number of hydrogen-bond donors (Lipinski definition) is 2. The molecule has 0 unspecified atom stereocenters. The van der Waals surface area contributed by atoms with Gasteiger partial charge in [0.05, 0.1) is 6.61 Å². The fourth-order valence-corrected chi connectivity index (χ4v) is 2.82. The number of carbonyl (C=O) groups is 1. The summed E-state index contributed by atoms with van der Waals surface area (Å²) < 4.78 is 31.3. The zero-order valence-corrected chi connectivity index (χ0v) is 14.9. The van der Waals surface area contributed by atoms with E-state index in [1.807, 2.05) is 0 Å². The lowest BCUT2D eigenvalue weighted by Gasteiger charge is -2.31. The number of aromatic nitrogens is 2. The highest BCUT2D eigenvalue weighted by Gasteiger charge is 2.23. The number of hydrogen-bond acceptors (Lipinski definition) is 6. The third-order valence-corrected chi connectivity index (χ3v) is 4.20. The number of rotatable bonds is 5. The average Bonchev–Trinajstić information content (AvgIpc) is 2.66. The molecule has 2 aromatic rings. The third kappa shape index (κ3) is 5.02. The summed E-state index contributed by atoms with van der Waals surface area (Å²) in [6.45, 7) is 3.35. The lowest BCUT2D eigenvalue weighted by Crippen LogP contribution is -2.42. The van der Waals surface area contributed by atoms with Crippen molar-refractivity contribution < 1.29 is 18.3 Å². The van der Waals surface area contributed by atoms with Gasteiger partial charge in [0.2, 0.25) is 5.95 Å². The maximum absolute atomic E-state index is 13.3. The van der Waals surface area contributed by atoms with E-state index in [4.69, 9.17) is 4.74 Å². The number of anilines is 3. The van der Waals surface area contributed by atoms with Crippen molar-refractivity contribution in [2.45, 2.75) is 25.8 Å². The van der Waals surface area contributed by atoms with Crippen molar-refractivity contribution in [3.05, 3.63) is 42.1 Å². The molecule has 0 radical (unpaired) electrons. The standard InChI is InChI=1S/C18H21F2N5O2/c1-2-27-18(26)25-9-6-12(7-10-25)23-17-21-8-5-16(24-17)22-13-3-4-14(19)15(20)11-13/h3-5,8,11-12H,2,6-7,9-10H2,1H3,(H2,21,22,23,24). The quantitative estimate of drug-likeness (QED) is 0.830. The molecule has 0 aliphatic carbocycles. The van der Waals surface area contributed by atoms with E-state index in [0.29, 0.717) is 37.1 Å². The normalized spacial score (nSPS) is 14.7. The van der Waals surface area contributed by atoms with Gasteiger partial charge in [-0.3, -0.25) is 0 Å². The number of benzene rings is 1. The summed E-state index contributed by atoms with van der Waals surface area (Å²) in [4.78, 5) is 21.9. The number of amides is 1. The SMILES string of the molecule is CCOC(=O)N1CCC(Nc2nccc(Nc3ccc(F)c(F)c3)n2)CC1. The van der Waals surface area contributed by atoms with Gasteiger partial charge in [0, 0.05) is 37.1 Å². The first-order valence-corrected chi connectivity index (χ1v) is 8.78. The third-order valence-electron chi connectivity index (χ3n) is 4.20. The summed E-state index contributed by atoms with van der Waals surface area (Å²) in [5.41, 5.74) is 0.390. The molecule has 144 valence electrons. The van der Waals surface area contributed by atoms with Crippen LogP contribution in [0.1, 0.15) is 19.8 Å². The lowest BCUT2D eigenvalue weighted by atomic mass is 10.1. The molecule has 0 saturated carbocycles. The van der Waals surface area contributed by atoms with Gasteiger partial charge in [-0.2, -0.15) is 4.98 Å². The van der Waals surface area contributed by atoms with Gasteiger partial charge in [-0.1, -0.05) is 0 Å². The smallest absolute Gasteiger partial charge is 0.409 e. The van der Waals surface area contributed by atoms with Crippen LogP contribution >= 0.6 is 0 Å². The van der Waals surface area contributed by atoms with Gasteiger partial charge in [-0.05, 0) is 38.0 Å². The second-order valence-corrected chi connectivity index (χ2v) is 6.12. The highest BCUT2D eigenvalue weighted by Crippen LogP contribution is 2.19. The number of nitrogens with zero attached hydrogens (tertiary/aromatic N) is 3. The molecular weight excluding hydrogens is 356 g/mol. The predicted molar refractivity (Wildman–Crippen MR) is 96.9 cm³/mol. The van der Waals surface area contributed by atoms with Crippen LogP contribution < -0.4 is 10.6 Å². The second kappa shape index (κ2) is 8.61. The van der Waals surface area contributed by atoms with E-state index in [2.05, 4.69) is 20.6 Å². The van der Waals surface area contributed by atoms with Crippen LogP contribution in [0.5, 0.6) is 0 Å². The molecule has 1 saturated heterocycles. The Morgan fingerprint density at radius 3 is 2.74 bits per heavy atom. The number of nitrogens with one attached hydrogen (secondary N) is 2. The van der Waals surface area contributed by atoms with Gasteiger partial charge in [0.15, 0.2) is 11.6 Å². The van der Waals surface area contributed by atoms with Crippen LogP contribution in [0.4, 0.5) is 31.0 Å². The van der Waals surface area contributed by atoms with Gasteiger partial charge < -0.3 is 20.3 Å². The Balaban J connectivity index is 1.56. The Kier molecular flexibility index (Phi) is 6.00. The van der Waals surface area contributed by atoms with Crippen LogP contribution in [0.15, 0.2) is 30.5 Å². The highest BCUT2D eigenvalue weighted by molar-refractivity contribution is 5.67. The highest BCUT2D eigenvalue weighted by atomic mass is 19.2. The molecule has 27 heavy (non-hydrogen) atoms. The van der Waals surface area contributed by atoms with E-state index < -0.39 is 11.6 Å². The maximum Gasteiger partial charge on any atom is 0.409 e. The summed E-state index contributed by atoms with van der Waals surface area (Å²) in [5.74, 6) is -0.944. The van der Waals surface area contributed by atoms with Crippen molar-refractivity contribution in [1.82, 2.24) is 14.9 Å². The molecule has 0 spiro atoms. The van der Waals surface area contributed by atoms with Crippen molar-refractivity contribution in [3.8, 4) is 0 Å². The van der Waals surface area contributed by atoms with Crippen LogP contribution in [0.2, 0.25) is 0 Å². The van der Waals surface area contributed by atoms with E-state index in [1.165, 1.54) is 6.07 Å². The molecule has 0 bridgehead atoms. The predicted octanol–water partition coefficient (Wildman–Crippen LogP) is 3.53. The molecule has 2 N–H and O–H groups in total. The minimum Gasteiger partial charge on any atom is -0.450 e. The minimum atomic E-state index is -0.930.